The zero-order chi connectivity index (χ0) is 12.8. The number of carbonyl (C=O) groups is 1. The number of ether oxygens (including phenoxy) is 1. The van der Waals surface area contributed by atoms with Gasteiger partial charge in [-0.2, -0.15) is 0 Å². The van der Waals surface area contributed by atoms with Crippen molar-refractivity contribution in [1.29, 1.82) is 0 Å². The van der Waals surface area contributed by atoms with Gasteiger partial charge in [0.05, 0.1) is 18.2 Å². The zero-order valence-electron chi connectivity index (χ0n) is 9.80. The minimum absolute atomic E-state index is 0.0279. The van der Waals surface area contributed by atoms with E-state index in [0.717, 1.165) is 10.0 Å². The SMILES string of the molecule is COCC(CBr)NC(=O)c1cccc(C)c1Br. The molecule has 3 nitrogen and oxygen atoms in total. The van der Waals surface area contributed by atoms with E-state index in [0.29, 0.717) is 17.5 Å². The van der Waals surface area contributed by atoms with Crippen LogP contribution < -0.4 is 5.32 Å². The van der Waals surface area contributed by atoms with Gasteiger partial charge in [-0.25, -0.2) is 0 Å². The molecule has 1 N–H and O–H groups in total. The second-order valence-corrected chi connectivity index (χ2v) is 5.16. The Bertz CT molecular complexity index is 396. The lowest BCUT2D eigenvalue weighted by molar-refractivity contribution is 0.0907. The molecule has 0 aromatic heterocycles. The second kappa shape index (κ2) is 7.13. The minimum Gasteiger partial charge on any atom is -0.383 e. The Hall–Kier alpha value is -0.390. The van der Waals surface area contributed by atoms with Gasteiger partial charge in [-0.05, 0) is 34.5 Å². The molecular formula is C12H15Br2NO2. The van der Waals surface area contributed by atoms with Crippen molar-refractivity contribution in [2.75, 3.05) is 19.0 Å². The van der Waals surface area contributed by atoms with Crippen LogP contribution in [0.15, 0.2) is 22.7 Å². The summed E-state index contributed by atoms with van der Waals surface area (Å²) in [5.41, 5.74) is 1.69. The number of hydrogen-bond donors (Lipinski definition) is 1. The molecular weight excluding hydrogens is 350 g/mol. The van der Waals surface area contributed by atoms with Gasteiger partial charge in [0, 0.05) is 16.9 Å². The van der Waals surface area contributed by atoms with E-state index in [1.54, 1.807) is 13.2 Å². The van der Waals surface area contributed by atoms with Gasteiger partial charge in [-0.3, -0.25) is 4.79 Å². The van der Waals surface area contributed by atoms with E-state index in [1.807, 2.05) is 19.1 Å². The third-order valence-corrected chi connectivity index (χ3v) is 4.16. The monoisotopic (exact) mass is 363 g/mol. The molecule has 0 spiro atoms. The average molecular weight is 365 g/mol. The van der Waals surface area contributed by atoms with Crippen LogP contribution in [0.5, 0.6) is 0 Å². The number of alkyl halides is 1. The molecule has 1 aromatic rings. The van der Waals surface area contributed by atoms with Crippen LogP contribution in [-0.2, 0) is 4.74 Å². The smallest absolute Gasteiger partial charge is 0.252 e. The second-order valence-electron chi connectivity index (χ2n) is 3.72. The van der Waals surface area contributed by atoms with Gasteiger partial charge < -0.3 is 10.1 Å². The van der Waals surface area contributed by atoms with Crippen LogP contribution in [0, 0.1) is 6.92 Å². The van der Waals surface area contributed by atoms with Gasteiger partial charge in [0.1, 0.15) is 0 Å². The van der Waals surface area contributed by atoms with Crippen molar-refractivity contribution in [3.63, 3.8) is 0 Å². The molecule has 0 saturated carbocycles. The predicted octanol–water partition coefficient (Wildman–Crippen LogP) is 2.90. The lowest BCUT2D eigenvalue weighted by Crippen LogP contribution is -2.39. The van der Waals surface area contributed by atoms with E-state index < -0.39 is 0 Å². The third-order valence-electron chi connectivity index (χ3n) is 2.33. The molecule has 0 fully saturated rings. The first-order valence-corrected chi connectivity index (χ1v) is 7.12. The lowest BCUT2D eigenvalue weighted by atomic mass is 10.1. The van der Waals surface area contributed by atoms with Gasteiger partial charge in [-0.1, -0.05) is 28.1 Å². The maximum atomic E-state index is 12.0. The number of halogens is 2. The molecule has 94 valence electrons. The molecule has 0 saturated heterocycles. The first-order valence-electron chi connectivity index (χ1n) is 5.21. The van der Waals surface area contributed by atoms with Crippen molar-refractivity contribution in [3.05, 3.63) is 33.8 Å². The van der Waals surface area contributed by atoms with Crippen molar-refractivity contribution in [2.45, 2.75) is 13.0 Å². The fourth-order valence-electron chi connectivity index (χ4n) is 1.41. The first kappa shape index (κ1) is 14.7. The molecule has 0 aliphatic carbocycles. The fraction of sp³-hybridized carbons (Fsp3) is 0.417. The van der Waals surface area contributed by atoms with E-state index in [-0.39, 0.29) is 11.9 Å². The number of nitrogens with one attached hydrogen (secondary N) is 1. The van der Waals surface area contributed by atoms with Gasteiger partial charge >= 0.3 is 0 Å². The molecule has 1 amide bonds. The summed E-state index contributed by atoms with van der Waals surface area (Å²) in [6, 6.07) is 5.59. The lowest BCUT2D eigenvalue weighted by Gasteiger charge is -2.16. The molecule has 1 unspecified atom stereocenters. The maximum absolute atomic E-state index is 12.0. The highest BCUT2D eigenvalue weighted by molar-refractivity contribution is 9.10. The zero-order valence-corrected chi connectivity index (χ0v) is 13.0. The van der Waals surface area contributed by atoms with Crippen molar-refractivity contribution in [3.8, 4) is 0 Å². The first-order chi connectivity index (χ1) is 8.10. The Morgan fingerprint density at radius 3 is 2.82 bits per heavy atom. The summed E-state index contributed by atoms with van der Waals surface area (Å²) < 4.78 is 5.87. The third kappa shape index (κ3) is 4.08. The number of rotatable bonds is 5. The molecule has 5 heteroatoms. The molecule has 1 atom stereocenters. The summed E-state index contributed by atoms with van der Waals surface area (Å²) in [5.74, 6) is -0.0953. The molecule has 1 aromatic carbocycles. The van der Waals surface area contributed by atoms with Crippen LogP contribution in [0.25, 0.3) is 0 Å². The van der Waals surface area contributed by atoms with Gasteiger partial charge in [0.25, 0.3) is 5.91 Å². The standard InChI is InChI=1S/C12H15Br2NO2/c1-8-4-3-5-10(11(8)14)12(16)15-9(6-13)7-17-2/h3-5,9H,6-7H2,1-2H3,(H,15,16). The fourth-order valence-corrected chi connectivity index (χ4v) is 2.21. The summed E-state index contributed by atoms with van der Waals surface area (Å²) in [6.07, 6.45) is 0. The number of hydrogen-bond acceptors (Lipinski definition) is 2. The Balaban J connectivity index is 2.79. The van der Waals surface area contributed by atoms with Crippen LogP contribution in [-0.4, -0.2) is 31.0 Å². The maximum Gasteiger partial charge on any atom is 0.252 e. The molecule has 1 rings (SSSR count). The van der Waals surface area contributed by atoms with E-state index >= 15 is 0 Å². The number of aryl methyl sites for hydroxylation is 1. The van der Waals surface area contributed by atoms with Crippen LogP contribution >= 0.6 is 31.9 Å². The average Bonchev–Trinajstić information content (AvgIpc) is 2.31. The van der Waals surface area contributed by atoms with Crippen LogP contribution in [0.3, 0.4) is 0 Å². The van der Waals surface area contributed by atoms with Crippen molar-refractivity contribution < 1.29 is 9.53 Å². The Kier molecular flexibility index (Phi) is 6.16. The van der Waals surface area contributed by atoms with Gasteiger partial charge in [0.15, 0.2) is 0 Å². The van der Waals surface area contributed by atoms with E-state index in [9.17, 15) is 4.79 Å². The topological polar surface area (TPSA) is 38.3 Å². The van der Waals surface area contributed by atoms with Crippen LogP contribution in [0.1, 0.15) is 15.9 Å². The number of methoxy groups -OCH3 is 1. The Morgan fingerprint density at radius 2 is 2.24 bits per heavy atom. The van der Waals surface area contributed by atoms with E-state index in [1.165, 1.54) is 0 Å². The van der Waals surface area contributed by atoms with Crippen molar-refractivity contribution in [2.24, 2.45) is 0 Å². The van der Waals surface area contributed by atoms with E-state index in [4.69, 9.17) is 4.74 Å². The van der Waals surface area contributed by atoms with E-state index in [2.05, 4.69) is 37.2 Å². The highest BCUT2D eigenvalue weighted by atomic mass is 79.9. The Morgan fingerprint density at radius 1 is 1.53 bits per heavy atom. The number of carbonyl (C=O) groups excluding carboxylic acids is 1. The Labute approximate surface area is 118 Å². The summed E-state index contributed by atoms with van der Waals surface area (Å²) in [7, 11) is 1.62. The molecule has 0 radical (unpaired) electrons. The van der Waals surface area contributed by atoms with Gasteiger partial charge in [-0.15, -0.1) is 0 Å². The van der Waals surface area contributed by atoms with Crippen molar-refractivity contribution in [1.82, 2.24) is 5.32 Å². The summed E-state index contributed by atoms with van der Waals surface area (Å²) in [5, 5.41) is 3.57. The minimum atomic E-state index is -0.0953. The predicted molar refractivity (Wildman–Crippen MR) is 75.8 cm³/mol. The molecule has 0 aliphatic rings. The van der Waals surface area contributed by atoms with Gasteiger partial charge in [0.2, 0.25) is 0 Å². The summed E-state index contributed by atoms with van der Waals surface area (Å²) >= 11 is 6.77. The largest absolute Gasteiger partial charge is 0.383 e. The number of amides is 1. The quantitative estimate of drug-likeness (QED) is 0.816. The summed E-state index contributed by atoms with van der Waals surface area (Å²) in [6.45, 7) is 2.44. The van der Waals surface area contributed by atoms with Crippen molar-refractivity contribution >= 4 is 37.8 Å². The number of benzene rings is 1. The highest BCUT2D eigenvalue weighted by Crippen LogP contribution is 2.20. The summed E-state index contributed by atoms with van der Waals surface area (Å²) in [4.78, 5) is 12.0. The molecule has 0 aliphatic heterocycles. The molecule has 0 bridgehead atoms. The normalized spacial score (nSPS) is 12.2. The van der Waals surface area contributed by atoms with Crippen LogP contribution in [0.4, 0.5) is 0 Å². The molecule has 17 heavy (non-hydrogen) atoms. The highest BCUT2D eigenvalue weighted by Gasteiger charge is 2.15. The van der Waals surface area contributed by atoms with Crippen LogP contribution in [0.2, 0.25) is 0 Å². The molecule has 0 heterocycles.